The van der Waals surface area contributed by atoms with Crippen LogP contribution in [0.3, 0.4) is 0 Å². The number of benzene rings is 2. The average molecular weight is 270 g/mol. The van der Waals surface area contributed by atoms with Crippen LogP contribution >= 0.6 is 0 Å². The monoisotopic (exact) mass is 270 g/mol. The minimum absolute atomic E-state index is 0.212. The van der Waals surface area contributed by atoms with Gasteiger partial charge in [0.15, 0.2) is 6.10 Å². The second-order valence-electron chi connectivity index (χ2n) is 4.69. The fraction of sp³-hybridized carbons (Fsp3) is 0.188. The van der Waals surface area contributed by atoms with E-state index < -0.39 is 6.10 Å². The van der Waals surface area contributed by atoms with Gasteiger partial charge in [0.2, 0.25) is 0 Å². The topological polar surface area (TPSA) is 64.3 Å². The molecular formula is C16H18N2O2. The van der Waals surface area contributed by atoms with Crippen LogP contribution < -0.4 is 15.8 Å². The van der Waals surface area contributed by atoms with Gasteiger partial charge in [0.1, 0.15) is 5.75 Å². The maximum absolute atomic E-state index is 12.0. The molecule has 0 unspecified atom stereocenters. The van der Waals surface area contributed by atoms with Crippen LogP contribution in [0.15, 0.2) is 48.5 Å². The van der Waals surface area contributed by atoms with Gasteiger partial charge >= 0.3 is 0 Å². The molecule has 1 amide bonds. The molecule has 0 bridgehead atoms. The van der Waals surface area contributed by atoms with Crippen LogP contribution in [0, 0.1) is 6.92 Å². The summed E-state index contributed by atoms with van der Waals surface area (Å²) in [5, 5.41) is 2.77. The van der Waals surface area contributed by atoms with Gasteiger partial charge in [0, 0.05) is 11.4 Å². The number of rotatable bonds is 4. The summed E-state index contributed by atoms with van der Waals surface area (Å²) >= 11 is 0. The molecule has 0 spiro atoms. The lowest BCUT2D eigenvalue weighted by molar-refractivity contribution is -0.122. The second-order valence-corrected chi connectivity index (χ2v) is 4.69. The van der Waals surface area contributed by atoms with Crippen LogP contribution in [0.5, 0.6) is 5.75 Å². The molecule has 0 aliphatic heterocycles. The summed E-state index contributed by atoms with van der Waals surface area (Å²) in [6, 6.07) is 14.6. The van der Waals surface area contributed by atoms with E-state index in [0.717, 1.165) is 5.56 Å². The third-order valence-corrected chi connectivity index (χ3v) is 2.86. The van der Waals surface area contributed by atoms with Gasteiger partial charge in [-0.05, 0) is 44.2 Å². The van der Waals surface area contributed by atoms with E-state index in [0.29, 0.717) is 17.1 Å². The third-order valence-electron chi connectivity index (χ3n) is 2.86. The quantitative estimate of drug-likeness (QED) is 0.839. The smallest absolute Gasteiger partial charge is 0.265 e. The molecule has 20 heavy (non-hydrogen) atoms. The van der Waals surface area contributed by atoms with E-state index in [4.69, 9.17) is 10.5 Å². The van der Waals surface area contributed by atoms with E-state index in [1.807, 2.05) is 31.2 Å². The van der Waals surface area contributed by atoms with Crippen LogP contribution in [0.25, 0.3) is 0 Å². The van der Waals surface area contributed by atoms with Gasteiger partial charge in [-0.1, -0.05) is 23.8 Å². The van der Waals surface area contributed by atoms with Crippen LogP contribution in [-0.2, 0) is 4.79 Å². The highest BCUT2D eigenvalue weighted by atomic mass is 16.5. The molecule has 2 aromatic rings. The molecule has 3 N–H and O–H groups in total. The zero-order valence-corrected chi connectivity index (χ0v) is 11.6. The van der Waals surface area contributed by atoms with Crippen molar-refractivity contribution in [1.82, 2.24) is 0 Å². The standard InChI is InChI=1S/C16H18N2O2/c1-11-6-8-15(9-7-11)20-12(2)16(19)18-14-5-3-4-13(17)10-14/h3-10,12H,17H2,1-2H3,(H,18,19)/t12-/m0/s1. The zero-order chi connectivity index (χ0) is 14.5. The molecule has 0 aromatic heterocycles. The Morgan fingerprint density at radius 2 is 1.90 bits per heavy atom. The van der Waals surface area contributed by atoms with Gasteiger partial charge in [-0.3, -0.25) is 4.79 Å². The molecule has 0 radical (unpaired) electrons. The van der Waals surface area contributed by atoms with Crippen molar-refractivity contribution in [3.05, 3.63) is 54.1 Å². The maximum atomic E-state index is 12.0. The first kappa shape index (κ1) is 13.9. The summed E-state index contributed by atoms with van der Waals surface area (Å²) in [6.07, 6.45) is -0.584. The number of aryl methyl sites for hydroxylation is 1. The molecule has 1 atom stereocenters. The number of nitrogens with two attached hydrogens (primary N) is 1. The van der Waals surface area contributed by atoms with Gasteiger partial charge in [-0.25, -0.2) is 0 Å². The molecule has 0 aliphatic rings. The first-order valence-corrected chi connectivity index (χ1v) is 6.44. The maximum Gasteiger partial charge on any atom is 0.265 e. The molecule has 0 heterocycles. The molecule has 4 heteroatoms. The number of nitrogen functional groups attached to an aromatic ring is 1. The van der Waals surface area contributed by atoms with Crippen molar-refractivity contribution in [3.63, 3.8) is 0 Å². The number of carbonyl (C=O) groups excluding carboxylic acids is 1. The molecule has 2 rings (SSSR count). The average Bonchev–Trinajstić information content (AvgIpc) is 2.41. The number of amides is 1. The largest absolute Gasteiger partial charge is 0.481 e. The normalized spacial score (nSPS) is 11.7. The molecule has 0 fully saturated rings. The number of hydrogen-bond acceptors (Lipinski definition) is 3. The van der Waals surface area contributed by atoms with Gasteiger partial charge in [0.05, 0.1) is 0 Å². The Morgan fingerprint density at radius 3 is 2.55 bits per heavy atom. The van der Waals surface area contributed by atoms with Gasteiger partial charge < -0.3 is 15.8 Å². The molecule has 4 nitrogen and oxygen atoms in total. The summed E-state index contributed by atoms with van der Waals surface area (Å²) in [6.45, 7) is 3.71. The number of hydrogen-bond donors (Lipinski definition) is 2. The number of nitrogens with one attached hydrogen (secondary N) is 1. The Bertz CT molecular complexity index is 594. The molecular weight excluding hydrogens is 252 g/mol. The van der Waals surface area contributed by atoms with Gasteiger partial charge in [-0.15, -0.1) is 0 Å². The van der Waals surface area contributed by atoms with Gasteiger partial charge in [0.25, 0.3) is 5.91 Å². The Hall–Kier alpha value is -2.49. The fourth-order valence-electron chi connectivity index (χ4n) is 1.73. The van der Waals surface area contributed by atoms with Crippen LogP contribution in [0.2, 0.25) is 0 Å². The van der Waals surface area contributed by atoms with E-state index >= 15 is 0 Å². The number of carbonyl (C=O) groups is 1. The van der Waals surface area contributed by atoms with Crippen molar-refractivity contribution in [2.75, 3.05) is 11.1 Å². The summed E-state index contributed by atoms with van der Waals surface area (Å²) < 4.78 is 5.59. The van der Waals surface area contributed by atoms with Crippen molar-refractivity contribution >= 4 is 17.3 Å². The van der Waals surface area contributed by atoms with Crippen molar-refractivity contribution in [1.29, 1.82) is 0 Å². The number of ether oxygens (including phenoxy) is 1. The SMILES string of the molecule is Cc1ccc(O[C@@H](C)C(=O)Nc2cccc(N)c2)cc1. The zero-order valence-electron chi connectivity index (χ0n) is 11.6. The lowest BCUT2D eigenvalue weighted by atomic mass is 10.2. The van der Waals surface area contributed by atoms with E-state index in [2.05, 4.69) is 5.32 Å². The van der Waals surface area contributed by atoms with Gasteiger partial charge in [-0.2, -0.15) is 0 Å². The van der Waals surface area contributed by atoms with Crippen molar-refractivity contribution in [3.8, 4) is 5.75 Å². The lowest BCUT2D eigenvalue weighted by Crippen LogP contribution is -2.30. The van der Waals surface area contributed by atoms with E-state index in [-0.39, 0.29) is 5.91 Å². The summed E-state index contributed by atoms with van der Waals surface area (Å²) in [5.41, 5.74) is 8.08. The highest BCUT2D eigenvalue weighted by Gasteiger charge is 2.14. The highest BCUT2D eigenvalue weighted by molar-refractivity contribution is 5.94. The van der Waals surface area contributed by atoms with E-state index in [9.17, 15) is 4.79 Å². The predicted octanol–water partition coefficient (Wildman–Crippen LogP) is 2.98. The Balaban J connectivity index is 1.96. The summed E-state index contributed by atoms with van der Waals surface area (Å²) in [7, 11) is 0. The molecule has 104 valence electrons. The first-order chi connectivity index (χ1) is 9.54. The molecule has 0 saturated heterocycles. The summed E-state index contributed by atoms with van der Waals surface area (Å²) in [5.74, 6) is 0.460. The molecule has 2 aromatic carbocycles. The Labute approximate surface area is 118 Å². The predicted molar refractivity (Wildman–Crippen MR) is 80.8 cm³/mol. The van der Waals surface area contributed by atoms with Crippen molar-refractivity contribution in [2.24, 2.45) is 0 Å². The lowest BCUT2D eigenvalue weighted by Gasteiger charge is -2.15. The first-order valence-electron chi connectivity index (χ1n) is 6.44. The van der Waals surface area contributed by atoms with Crippen LogP contribution in [-0.4, -0.2) is 12.0 Å². The third kappa shape index (κ3) is 3.75. The van der Waals surface area contributed by atoms with Crippen molar-refractivity contribution in [2.45, 2.75) is 20.0 Å². The second kappa shape index (κ2) is 6.10. The highest BCUT2D eigenvalue weighted by Crippen LogP contribution is 2.15. The Kier molecular flexibility index (Phi) is 4.25. The Morgan fingerprint density at radius 1 is 1.20 bits per heavy atom. The fourth-order valence-corrected chi connectivity index (χ4v) is 1.73. The van der Waals surface area contributed by atoms with E-state index in [1.54, 1.807) is 31.2 Å². The van der Waals surface area contributed by atoms with Crippen LogP contribution in [0.4, 0.5) is 11.4 Å². The van der Waals surface area contributed by atoms with Crippen molar-refractivity contribution < 1.29 is 9.53 Å². The minimum atomic E-state index is -0.584. The minimum Gasteiger partial charge on any atom is -0.481 e. The van der Waals surface area contributed by atoms with Crippen LogP contribution in [0.1, 0.15) is 12.5 Å². The van der Waals surface area contributed by atoms with E-state index in [1.165, 1.54) is 0 Å². The molecule has 0 saturated carbocycles. The number of anilines is 2. The summed E-state index contributed by atoms with van der Waals surface area (Å²) in [4.78, 5) is 12.0. The molecule has 0 aliphatic carbocycles.